The van der Waals surface area contributed by atoms with Crippen molar-refractivity contribution in [2.75, 3.05) is 13.1 Å². The van der Waals surface area contributed by atoms with Gasteiger partial charge in [-0.05, 0) is 54.7 Å². The zero-order valence-corrected chi connectivity index (χ0v) is 15.7. The van der Waals surface area contributed by atoms with Crippen LogP contribution in [-0.4, -0.2) is 48.6 Å². The summed E-state index contributed by atoms with van der Waals surface area (Å²) in [5.41, 5.74) is 7.30. The van der Waals surface area contributed by atoms with Crippen LogP contribution in [0.2, 0.25) is 0 Å². The summed E-state index contributed by atoms with van der Waals surface area (Å²) >= 11 is 0. The molecule has 4 N–H and O–H groups in total. The predicted octanol–water partition coefficient (Wildman–Crippen LogP) is 1.36. The third-order valence-corrected chi connectivity index (χ3v) is 7.89. The summed E-state index contributed by atoms with van der Waals surface area (Å²) in [5, 5.41) is 11.9. The molecule has 1 saturated heterocycles. The van der Waals surface area contributed by atoms with Gasteiger partial charge < -0.3 is 10.9 Å². The smallest absolute Gasteiger partial charge is 0.402 e. The first kappa shape index (κ1) is 19.5. The van der Waals surface area contributed by atoms with Gasteiger partial charge in [0.1, 0.15) is 6.54 Å². The van der Waals surface area contributed by atoms with Crippen LogP contribution in [0.15, 0.2) is 23.4 Å². The quantitative estimate of drug-likeness (QED) is 0.292. The van der Waals surface area contributed by atoms with E-state index in [1.165, 1.54) is 0 Å². The Labute approximate surface area is 160 Å². The second-order valence-corrected chi connectivity index (χ2v) is 9.55. The van der Waals surface area contributed by atoms with Gasteiger partial charge in [0.25, 0.3) is 10.2 Å². The Morgan fingerprint density at radius 3 is 2.54 bits per heavy atom. The molecule has 1 aromatic rings. The minimum Gasteiger partial charge on any atom is -0.409 e. The molecule has 4 rings (SSSR count). The Hall–Kier alpha value is -1.85. The van der Waals surface area contributed by atoms with E-state index in [0.29, 0.717) is 22.7 Å². The Morgan fingerprint density at radius 1 is 1.29 bits per heavy atom. The number of hydrogen-bond donors (Lipinski definition) is 3. The fraction of sp³-hybridized carbons (Fsp3) is 0.588. The molecule has 1 aromatic carbocycles. The van der Waals surface area contributed by atoms with Gasteiger partial charge >= 0.3 is 6.18 Å². The number of halogens is 3. The van der Waals surface area contributed by atoms with Gasteiger partial charge in [-0.25, -0.2) is 0 Å². The molecule has 2 aliphatic carbocycles. The van der Waals surface area contributed by atoms with Gasteiger partial charge in [-0.1, -0.05) is 17.3 Å². The van der Waals surface area contributed by atoms with E-state index in [1.54, 1.807) is 6.07 Å². The monoisotopic (exact) mass is 418 g/mol. The third kappa shape index (κ3) is 3.15. The molecular formula is C17H21F3N4O3S. The highest BCUT2D eigenvalue weighted by molar-refractivity contribution is 7.87. The van der Waals surface area contributed by atoms with E-state index in [1.807, 2.05) is 12.1 Å². The number of alkyl halides is 3. The van der Waals surface area contributed by atoms with E-state index >= 15 is 0 Å². The van der Waals surface area contributed by atoms with Crippen LogP contribution in [0.4, 0.5) is 13.2 Å². The number of oxime groups is 1. The summed E-state index contributed by atoms with van der Waals surface area (Å²) in [6, 6.07) is 5.41. The van der Waals surface area contributed by atoms with Gasteiger partial charge in [-0.3, -0.25) is 0 Å². The molecule has 2 bridgehead atoms. The summed E-state index contributed by atoms with van der Waals surface area (Å²) in [7, 11) is -4.19. The lowest BCUT2D eigenvalue weighted by molar-refractivity contribution is -0.136. The maximum atomic E-state index is 12.9. The molecule has 0 unspecified atom stereocenters. The highest BCUT2D eigenvalue weighted by Crippen LogP contribution is 2.50. The van der Waals surface area contributed by atoms with E-state index in [9.17, 15) is 21.6 Å². The van der Waals surface area contributed by atoms with E-state index in [-0.39, 0.29) is 24.2 Å². The Kier molecular flexibility index (Phi) is 4.40. The molecule has 11 heteroatoms. The van der Waals surface area contributed by atoms with Crippen molar-refractivity contribution in [2.24, 2.45) is 22.7 Å². The number of benzene rings is 1. The molecule has 2 fully saturated rings. The summed E-state index contributed by atoms with van der Waals surface area (Å²) in [6.45, 7) is -1.66. The number of nitrogens with one attached hydrogen (secondary N) is 1. The van der Waals surface area contributed by atoms with Crippen molar-refractivity contribution in [1.82, 2.24) is 9.03 Å². The van der Waals surface area contributed by atoms with Gasteiger partial charge in [-0.15, -0.1) is 0 Å². The van der Waals surface area contributed by atoms with E-state index in [4.69, 9.17) is 10.9 Å². The number of hydrogen-bond acceptors (Lipinski definition) is 4. The first-order valence-electron chi connectivity index (χ1n) is 8.99. The van der Waals surface area contributed by atoms with Crippen molar-refractivity contribution in [3.8, 4) is 0 Å². The highest BCUT2D eigenvalue weighted by Gasteiger charge is 2.60. The average molecular weight is 418 g/mol. The Morgan fingerprint density at radius 2 is 1.93 bits per heavy atom. The Balaban J connectivity index is 1.68. The summed E-state index contributed by atoms with van der Waals surface area (Å²) in [5.74, 6) is -0.222. The summed E-state index contributed by atoms with van der Waals surface area (Å²) in [4.78, 5) is 0. The van der Waals surface area contributed by atoms with Gasteiger partial charge in [0.2, 0.25) is 0 Å². The SMILES string of the molecule is N/C(=N\O)c1ccc2c(c1)C[C@@H]1CC[C@H](C2)[C@]12CN(CC(F)(F)F)S(=O)(=O)N2. The minimum atomic E-state index is -4.59. The molecule has 1 saturated carbocycles. The number of nitrogens with zero attached hydrogens (tertiary/aromatic N) is 2. The van der Waals surface area contributed by atoms with Crippen LogP contribution in [0.3, 0.4) is 0 Å². The normalized spacial score (nSPS) is 32.5. The van der Waals surface area contributed by atoms with Crippen LogP contribution in [0.5, 0.6) is 0 Å². The second kappa shape index (κ2) is 6.33. The number of rotatable bonds is 2. The van der Waals surface area contributed by atoms with E-state index in [2.05, 4.69) is 9.88 Å². The average Bonchev–Trinajstić information content (AvgIpc) is 2.97. The van der Waals surface area contributed by atoms with Crippen LogP contribution in [-0.2, 0) is 23.1 Å². The van der Waals surface area contributed by atoms with Crippen molar-refractivity contribution in [1.29, 1.82) is 0 Å². The van der Waals surface area contributed by atoms with Gasteiger partial charge in [0.15, 0.2) is 5.84 Å². The number of fused-ring (bicyclic) bond motifs is 1. The van der Waals surface area contributed by atoms with Crippen LogP contribution < -0.4 is 10.5 Å². The fourth-order valence-electron chi connectivity index (χ4n) is 5.06. The highest BCUT2D eigenvalue weighted by atomic mass is 32.2. The molecular weight excluding hydrogens is 397 g/mol. The molecule has 154 valence electrons. The maximum absolute atomic E-state index is 12.9. The molecule has 0 aromatic heterocycles. The fourth-order valence-corrected chi connectivity index (χ4v) is 6.77. The van der Waals surface area contributed by atoms with Crippen LogP contribution in [0.1, 0.15) is 29.5 Å². The number of nitrogens with two attached hydrogens (primary N) is 1. The second-order valence-electron chi connectivity index (χ2n) is 7.88. The lowest BCUT2D eigenvalue weighted by atomic mass is 9.79. The van der Waals surface area contributed by atoms with E-state index < -0.39 is 28.5 Å². The standard InChI is InChI=1S/C17H21F3N4O3S/c18-17(19,20)9-24-8-16(23-28(24,26)27)13-3-4-14(16)7-12-5-11(15(21)22-25)2-1-10(12)6-13/h1-2,5,13-14,23,25H,3-4,6-9H2,(H2,21,22)/t13-,14+,16-/m1/s1. The lowest BCUT2D eigenvalue weighted by Crippen LogP contribution is -2.52. The van der Waals surface area contributed by atoms with Crippen molar-refractivity contribution < 1.29 is 26.8 Å². The van der Waals surface area contributed by atoms with Crippen molar-refractivity contribution >= 4 is 16.0 Å². The lowest BCUT2D eigenvalue weighted by Gasteiger charge is -2.33. The van der Waals surface area contributed by atoms with Crippen LogP contribution >= 0.6 is 0 Å². The molecule has 1 heterocycles. The zero-order chi connectivity index (χ0) is 20.3. The predicted molar refractivity (Wildman–Crippen MR) is 95.0 cm³/mol. The van der Waals surface area contributed by atoms with Crippen molar-refractivity contribution in [2.45, 2.75) is 37.4 Å². The largest absolute Gasteiger partial charge is 0.409 e. The first-order valence-corrected chi connectivity index (χ1v) is 10.4. The number of amidine groups is 1. The van der Waals surface area contributed by atoms with Crippen molar-refractivity contribution in [3.63, 3.8) is 0 Å². The molecule has 7 nitrogen and oxygen atoms in total. The topological polar surface area (TPSA) is 108 Å². The van der Waals surface area contributed by atoms with Gasteiger partial charge in [0.05, 0.1) is 5.54 Å². The van der Waals surface area contributed by atoms with Gasteiger partial charge in [0, 0.05) is 12.1 Å². The molecule has 3 atom stereocenters. The maximum Gasteiger partial charge on any atom is 0.402 e. The summed E-state index contributed by atoms with van der Waals surface area (Å²) in [6.07, 6.45) is -2.00. The summed E-state index contributed by atoms with van der Waals surface area (Å²) < 4.78 is 66.7. The first-order chi connectivity index (χ1) is 13.0. The van der Waals surface area contributed by atoms with Gasteiger partial charge in [-0.2, -0.15) is 30.6 Å². The minimum absolute atomic E-state index is 0.0233. The van der Waals surface area contributed by atoms with E-state index in [0.717, 1.165) is 24.0 Å². The molecule has 28 heavy (non-hydrogen) atoms. The third-order valence-electron chi connectivity index (χ3n) is 6.32. The molecule has 1 spiro atoms. The zero-order valence-electron chi connectivity index (χ0n) is 14.9. The molecule has 0 amide bonds. The van der Waals surface area contributed by atoms with Crippen LogP contribution in [0, 0.1) is 11.8 Å². The Bertz CT molecular complexity index is 934. The molecule has 0 radical (unpaired) electrons. The molecule has 1 aliphatic heterocycles. The molecule has 3 aliphatic rings. The van der Waals surface area contributed by atoms with Crippen molar-refractivity contribution in [3.05, 3.63) is 34.9 Å². The van der Waals surface area contributed by atoms with Crippen LogP contribution in [0.25, 0.3) is 0 Å².